The lowest BCUT2D eigenvalue weighted by atomic mass is 9.89. The van der Waals surface area contributed by atoms with Crippen LogP contribution in [0.4, 0.5) is 10.8 Å². The van der Waals surface area contributed by atoms with Crippen LogP contribution in [-0.4, -0.2) is 41.1 Å². The molecule has 2 aromatic heterocycles. The van der Waals surface area contributed by atoms with Gasteiger partial charge in [0.1, 0.15) is 0 Å². The van der Waals surface area contributed by atoms with E-state index in [4.69, 9.17) is 4.74 Å². The molecule has 0 aliphatic heterocycles. The Morgan fingerprint density at radius 1 is 1.08 bits per heavy atom. The number of nitrogens with zero attached hydrogens (tertiary/aromatic N) is 3. The van der Waals surface area contributed by atoms with E-state index in [0.29, 0.717) is 48.3 Å². The summed E-state index contributed by atoms with van der Waals surface area (Å²) in [4.78, 5) is 26.3. The van der Waals surface area contributed by atoms with Gasteiger partial charge in [-0.25, -0.2) is 18.4 Å². The highest BCUT2D eigenvalue weighted by molar-refractivity contribution is 7.93. The minimum absolute atomic E-state index is 0.246. The van der Waals surface area contributed by atoms with Gasteiger partial charge in [0.2, 0.25) is 21.8 Å². The van der Waals surface area contributed by atoms with Crippen LogP contribution in [0.5, 0.6) is 5.88 Å². The Morgan fingerprint density at radius 3 is 2.51 bits per heavy atom. The number of aromatic nitrogens is 3. The second kappa shape index (κ2) is 10.4. The van der Waals surface area contributed by atoms with Gasteiger partial charge in [0.25, 0.3) is 0 Å². The third-order valence-corrected chi connectivity index (χ3v) is 9.61. The Kier molecular flexibility index (Phi) is 7.17. The van der Waals surface area contributed by atoms with Crippen molar-refractivity contribution in [2.45, 2.75) is 63.0 Å². The normalized spacial score (nSPS) is 16.5. The number of rotatable bonds is 10. The number of amides is 1. The molecular formula is C26H31N5O4S2. The molecule has 5 rings (SSSR count). The fraction of sp³-hybridized carbons (Fsp3) is 0.462. The van der Waals surface area contributed by atoms with Crippen LogP contribution >= 0.6 is 11.3 Å². The molecule has 3 aromatic rings. The van der Waals surface area contributed by atoms with Gasteiger partial charge in [0.15, 0.2) is 5.13 Å². The SMILES string of the molecule is CC(C)(C(=O)Nc1ccc(-c2cncc(OCC3CCCC3)n2)cc1)c1csc(NS(=O)(=O)C2CC2)n1. The van der Waals surface area contributed by atoms with E-state index in [1.165, 1.54) is 37.0 Å². The zero-order chi connectivity index (χ0) is 26.0. The number of carbonyl (C=O) groups excluding carboxylic acids is 1. The van der Waals surface area contributed by atoms with Gasteiger partial charge in [-0.2, -0.15) is 0 Å². The predicted octanol–water partition coefficient (Wildman–Crippen LogP) is 4.99. The number of hydrogen-bond acceptors (Lipinski definition) is 8. The van der Waals surface area contributed by atoms with Crippen molar-refractivity contribution in [3.63, 3.8) is 0 Å². The van der Waals surface area contributed by atoms with Crippen molar-refractivity contribution in [1.29, 1.82) is 0 Å². The standard InChI is InChI=1S/C26H31N5O4S2/c1-26(2,22-16-36-25(30-22)31-37(33,34)20-11-12-20)24(32)28-19-9-7-18(8-10-19)21-13-27-14-23(29-21)35-15-17-5-3-4-6-17/h7-10,13-14,16-17,20H,3-6,11-12,15H2,1-2H3,(H,28,32)(H,30,31). The Bertz CT molecular complexity index is 1360. The number of nitrogens with one attached hydrogen (secondary N) is 2. The molecule has 0 atom stereocenters. The Labute approximate surface area is 221 Å². The van der Waals surface area contributed by atoms with Crippen LogP contribution in [0.1, 0.15) is 58.1 Å². The number of ether oxygens (including phenoxy) is 1. The molecule has 0 unspecified atom stereocenters. The molecule has 1 aromatic carbocycles. The van der Waals surface area contributed by atoms with E-state index in [1.54, 1.807) is 31.6 Å². The largest absolute Gasteiger partial charge is 0.476 e. The molecule has 37 heavy (non-hydrogen) atoms. The van der Waals surface area contributed by atoms with Crippen molar-refractivity contribution in [1.82, 2.24) is 15.0 Å². The van der Waals surface area contributed by atoms with Gasteiger partial charge in [0.05, 0.1) is 41.1 Å². The van der Waals surface area contributed by atoms with Gasteiger partial charge in [-0.3, -0.25) is 14.5 Å². The van der Waals surface area contributed by atoms with Crippen LogP contribution in [0.3, 0.4) is 0 Å². The van der Waals surface area contributed by atoms with Crippen LogP contribution in [0.15, 0.2) is 42.0 Å². The molecule has 11 heteroatoms. The molecule has 0 bridgehead atoms. The Balaban J connectivity index is 1.21. The fourth-order valence-corrected chi connectivity index (χ4v) is 6.73. The Morgan fingerprint density at radius 2 is 1.81 bits per heavy atom. The van der Waals surface area contributed by atoms with E-state index in [1.807, 2.05) is 24.3 Å². The lowest BCUT2D eigenvalue weighted by Crippen LogP contribution is -2.35. The monoisotopic (exact) mass is 541 g/mol. The molecule has 2 aliphatic carbocycles. The number of thiazole rings is 1. The van der Waals surface area contributed by atoms with E-state index < -0.39 is 15.4 Å². The maximum absolute atomic E-state index is 13.1. The van der Waals surface area contributed by atoms with Crippen molar-refractivity contribution >= 4 is 38.1 Å². The number of carbonyl (C=O) groups is 1. The van der Waals surface area contributed by atoms with Crippen LogP contribution in [0, 0.1) is 5.92 Å². The predicted molar refractivity (Wildman–Crippen MR) is 144 cm³/mol. The van der Waals surface area contributed by atoms with Gasteiger partial charge in [-0.15, -0.1) is 11.3 Å². The highest BCUT2D eigenvalue weighted by Crippen LogP contribution is 2.33. The maximum atomic E-state index is 13.1. The van der Waals surface area contributed by atoms with Gasteiger partial charge in [-0.05, 0) is 57.6 Å². The summed E-state index contributed by atoms with van der Waals surface area (Å²) in [6.07, 6.45) is 9.63. The molecule has 196 valence electrons. The van der Waals surface area contributed by atoms with Crippen molar-refractivity contribution in [3.05, 3.63) is 47.7 Å². The topological polar surface area (TPSA) is 123 Å². The van der Waals surface area contributed by atoms with Crippen LogP contribution in [0.25, 0.3) is 11.3 Å². The minimum Gasteiger partial charge on any atom is -0.476 e. The summed E-state index contributed by atoms with van der Waals surface area (Å²) in [7, 11) is -3.40. The zero-order valence-corrected chi connectivity index (χ0v) is 22.6. The average Bonchev–Trinajstić information content (AvgIpc) is 3.44. The van der Waals surface area contributed by atoms with Crippen molar-refractivity contribution < 1.29 is 17.9 Å². The second-order valence-corrected chi connectivity index (χ2v) is 13.1. The first-order valence-corrected chi connectivity index (χ1v) is 15.0. The lowest BCUT2D eigenvalue weighted by molar-refractivity contribution is -0.120. The third kappa shape index (κ3) is 6.10. The zero-order valence-electron chi connectivity index (χ0n) is 20.9. The van der Waals surface area contributed by atoms with E-state index in [9.17, 15) is 13.2 Å². The average molecular weight is 542 g/mol. The minimum atomic E-state index is -3.40. The molecule has 2 heterocycles. The number of hydrogen-bond donors (Lipinski definition) is 2. The number of anilines is 2. The summed E-state index contributed by atoms with van der Waals surface area (Å²) in [5.74, 6) is 0.871. The van der Waals surface area contributed by atoms with E-state index in [-0.39, 0.29) is 16.3 Å². The van der Waals surface area contributed by atoms with Crippen LogP contribution < -0.4 is 14.8 Å². The van der Waals surface area contributed by atoms with Gasteiger partial charge in [0, 0.05) is 16.6 Å². The summed E-state index contributed by atoms with van der Waals surface area (Å²) in [5.41, 5.74) is 1.74. The van der Waals surface area contributed by atoms with Crippen LogP contribution in [0.2, 0.25) is 0 Å². The van der Waals surface area contributed by atoms with E-state index in [2.05, 4.69) is 25.0 Å². The molecule has 0 saturated heterocycles. The van der Waals surface area contributed by atoms with Crippen molar-refractivity contribution in [3.8, 4) is 17.1 Å². The molecule has 2 fully saturated rings. The highest BCUT2D eigenvalue weighted by Gasteiger charge is 2.37. The van der Waals surface area contributed by atoms with Crippen LogP contribution in [-0.2, 0) is 20.2 Å². The summed E-state index contributed by atoms with van der Waals surface area (Å²) in [5, 5.41) is 4.59. The van der Waals surface area contributed by atoms with Gasteiger partial charge < -0.3 is 10.1 Å². The summed E-state index contributed by atoms with van der Waals surface area (Å²) < 4.78 is 32.8. The maximum Gasteiger partial charge on any atom is 0.237 e. The fourth-order valence-electron chi connectivity index (χ4n) is 4.26. The summed E-state index contributed by atoms with van der Waals surface area (Å²) >= 11 is 1.18. The highest BCUT2D eigenvalue weighted by atomic mass is 32.2. The van der Waals surface area contributed by atoms with E-state index >= 15 is 0 Å². The van der Waals surface area contributed by atoms with Gasteiger partial charge in [-0.1, -0.05) is 25.0 Å². The van der Waals surface area contributed by atoms with Crippen molar-refractivity contribution in [2.75, 3.05) is 16.6 Å². The first-order chi connectivity index (χ1) is 17.7. The van der Waals surface area contributed by atoms with Crippen molar-refractivity contribution in [2.24, 2.45) is 5.92 Å². The first kappa shape index (κ1) is 25.6. The first-order valence-electron chi connectivity index (χ1n) is 12.5. The lowest BCUT2D eigenvalue weighted by Gasteiger charge is -2.21. The number of sulfonamides is 1. The van der Waals surface area contributed by atoms with E-state index in [0.717, 1.165) is 5.56 Å². The molecule has 9 nitrogen and oxygen atoms in total. The molecule has 2 saturated carbocycles. The molecule has 0 radical (unpaired) electrons. The molecule has 2 N–H and O–H groups in total. The molecular weight excluding hydrogens is 510 g/mol. The summed E-state index contributed by atoms with van der Waals surface area (Å²) in [6, 6.07) is 7.38. The quantitative estimate of drug-likeness (QED) is 0.371. The van der Waals surface area contributed by atoms with Gasteiger partial charge >= 0.3 is 0 Å². The second-order valence-electron chi connectivity index (χ2n) is 10.2. The smallest absolute Gasteiger partial charge is 0.237 e. The molecule has 0 spiro atoms. The summed E-state index contributed by atoms with van der Waals surface area (Å²) in [6.45, 7) is 4.20. The number of benzene rings is 1. The third-order valence-electron chi connectivity index (χ3n) is 6.90. The molecule has 2 aliphatic rings. The Hall–Kier alpha value is -3.05. The molecule has 1 amide bonds.